The summed E-state index contributed by atoms with van der Waals surface area (Å²) in [6.07, 6.45) is -4.53. The Morgan fingerprint density at radius 1 is 1.09 bits per heavy atom. The number of halogens is 3. The maximum absolute atomic E-state index is 12.6. The Morgan fingerprint density at radius 2 is 1.64 bits per heavy atom. The van der Waals surface area contributed by atoms with E-state index >= 15 is 0 Å². The number of aromatic nitrogens is 1. The largest absolute Gasteiger partial charge is 0.433 e. The van der Waals surface area contributed by atoms with E-state index in [4.69, 9.17) is 0 Å². The number of pyridine rings is 1. The second-order valence-corrected chi connectivity index (χ2v) is 5.13. The number of nitrogens with zero attached hydrogens (tertiary/aromatic N) is 3. The van der Waals surface area contributed by atoms with E-state index in [0.717, 1.165) is 12.1 Å². The molecule has 5 nitrogen and oxygen atoms in total. The number of aryl methyl sites for hydroxylation is 1. The van der Waals surface area contributed by atoms with Crippen molar-refractivity contribution >= 4 is 11.8 Å². The Kier molecular flexibility index (Phi) is 4.39. The normalized spacial score (nSPS) is 15.9. The predicted molar refractivity (Wildman–Crippen MR) is 72.1 cm³/mol. The van der Waals surface area contributed by atoms with Gasteiger partial charge in [-0.05, 0) is 19.1 Å². The fourth-order valence-corrected chi connectivity index (χ4v) is 2.34. The molecule has 0 unspecified atom stereocenters. The van der Waals surface area contributed by atoms with Crippen LogP contribution in [0, 0.1) is 6.92 Å². The third-order valence-corrected chi connectivity index (χ3v) is 3.62. The van der Waals surface area contributed by atoms with Crippen LogP contribution in [0.2, 0.25) is 0 Å². The molecule has 0 bridgehead atoms. The van der Waals surface area contributed by atoms with Crippen LogP contribution >= 0.6 is 0 Å². The van der Waals surface area contributed by atoms with Gasteiger partial charge in [0.1, 0.15) is 5.69 Å². The third kappa shape index (κ3) is 3.37. The summed E-state index contributed by atoms with van der Waals surface area (Å²) in [5, 5.41) is 0. The lowest BCUT2D eigenvalue weighted by atomic mass is 10.1. The van der Waals surface area contributed by atoms with Crippen LogP contribution in [0.4, 0.5) is 13.2 Å². The van der Waals surface area contributed by atoms with Crippen molar-refractivity contribution in [3.8, 4) is 0 Å². The van der Waals surface area contributed by atoms with Gasteiger partial charge < -0.3 is 9.80 Å². The summed E-state index contributed by atoms with van der Waals surface area (Å²) in [6, 6.07) is 1.97. The Labute approximate surface area is 125 Å². The first-order valence-corrected chi connectivity index (χ1v) is 6.80. The lowest BCUT2D eigenvalue weighted by molar-refractivity contribution is -0.141. The van der Waals surface area contributed by atoms with E-state index in [1.54, 1.807) is 4.90 Å². The highest BCUT2D eigenvalue weighted by atomic mass is 19.4. The minimum Gasteiger partial charge on any atom is -0.339 e. The van der Waals surface area contributed by atoms with Crippen LogP contribution in [0.25, 0.3) is 0 Å². The quantitative estimate of drug-likeness (QED) is 0.793. The van der Waals surface area contributed by atoms with E-state index < -0.39 is 11.9 Å². The van der Waals surface area contributed by atoms with E-state index in [0.29, 0.717) is 26.2 Å². The first-order chi connectivity index (χ1) is 10.2. The highest BCUT2D eigenvalue weighted by Gasteiger charge is 2.33. The molecule has 8 heteroatoms. The molecule has 2 rings (SSSR count). The molecule has 1 saturated heterocycles. The number of hydrogen-bond donors (Lipinski definition) is 0. The summed E-state index contributed by atoms with van der Waals surface area (Å²) in [5.41, 5.74) is -0.805. The Bertz CT molecular complexity index is 593. The van der Waals surface area contributed by atoms with E-state index in [9.17, 15) is 22.8 Å². The van der Waals surface area contributed by atoms with Gasteiger partial charge in [0.25, 0.3) is 5.91 Å². The van der Waals surface area contributed by atoms with Gasteiger partial charge in [-0.3, -0.25) is 9.59 Å². The van der Waals surface area contributed by atoms with Crippen molar-refractivity contribution in [3.63, 3.8) is 0 Å². The topological polar surface area (TPSA) is 53.5 Å². The molecule has 0 radical (unpaired) electrons. The van der Waals surface area contributed by atoms with Crippen LogP contribution < -0.4 is 0 Å². The first-order valence-electron chi connectivity index (χ1n) is 6.80. The van der Waals surface area contributed by atoms with Gasteiger partial charge in [0.05, 0.1) is 11.3 Å². The molecule has 1 aliphatic rings. The van der Waals surface area contributed by atoms with Crippen molar-refractivity contribution in [2.24, 2.45) is 0 Å². The number of carbonyl (C=O) groups is 2. The molecule has 0 saturated carbocycles. The summed E-state index contributed by atoms with van der Waals surface area (Å²) >= 11 is 0. The molecule has 22 heavy (non-hydrogen) atoms. The fourth-order valence-electron chi connectivity index (χ4n) is 2.34. The van der Waals surface area contributed by atoms with Gasteiger partial charge in [-0.2, -0.15) is 13.2 Å². The molecule has 1 fully saturated rings. The van der Waals surface area contributed by atoms with Gasteiger partial charge in [-0.25, -0.2) is 4.98 Å². The van der Waals surface area contributed by atoms with Crippen molar-refractivity contribution in [2.45, 2.75) is 20.0 Å². The molecule has 0 atom stereocenters. The second kappa shape index (κ2) is 5.94. The van der Waals surface area contributed by atoms with Crippen molar-refractivity contribution in [1.82, 2.24) is 14.8 Å². The molecule has 0 spiro atoms. The van der Waals surface area contributed by atoms with Crippen molar-refractivity contribution < 1.29 is 22.8 Å². The van der Waals surface area contributed by atoms with Crippen LogP contribution in [0.1, 0.15) is 28.7 Å². The highest BCUT2D eigenvalue weighted by Crippen LogP contribution is 2.28. The van der Waals surface area contributed by atoms with Gasteiger partial charge in [0, 0.05) is 33.1 Å². The number of carbonyl (C=O) groups excluding carboxylic acids is 2. The maximum atomic E-state index is 12.6. The first kappa shape index (κ1) is 16.3. The van der Waals surface area contributed by atoms with Crippen molar-refractivity contribution in [3.05, 3.63) is 29.1 Å². The van der Waals surface area contributed by atoms with Crippen molar-refractivity contribution in [2.75, 3.05) is 26.2 Å². The summed E-state index contributed by atoms with van der Waals surface area (Å²) in [5.74, 6) is -0.415. The average Bonchev–Trinajstić information content (AvgIpc) is 2.45. The monoisotopic (exact) mass is 315 g/mol. The average molecular weight is 315 g/mol. The highest BCUT2D eigenvalue weighted by molar-refractivity contribution is 5.95. The van der Waals surface area contributed by atoms with Crippen LogP contribution in [-0.4, -0.2) is 52.8 Å². The number of amides is 2. The SMILES string of the molecule is CC(=O)N1CCN(C(=O)c2ccc(C(F)(F)F)nc2C)CC1. The molecule has 0 aromatic carbocycles. The smallest absolute Gasteiger partial charge is 0.339 e. The zero-order chi connectivity index (χ0) is 16.5. The minimum absolute atomic E-state index is 0.0498. The maximum Gasteiger partial charge on any atom is 0.433 e. The summed E-state index contributed by atoms with van der Waals surface area (Å²) in [4.78, 5) is 30.2. The fraction of sp³-hybridized carbons (Fsp3) is 0.500. The van der Waals surface area contributed by atoms with Crippen molar-refractivity contribution in [1.29, 1.82) is 0 Å². The Morgan fingerprint density at radius 3 is 2.09 bits per heavy atom. The Hall–Kier alpha value is -2.12. The standard InChI is InChI=1S/C14H16F3N3O2/c1-9-11(3-4-12(18-9)14(15,16)17)13(22)20-7-5-19(6-8-20)10(2)21/h3-4H,5-8H2,1-2H3. The molecular weight excluding hydrogens is 299 g/mol. The van der Waals surface area contributed by atoms with Crippen LogP contribution in [-0.2, 0) is 11.0 Å². The van der Waals surface area contributed by atoms with E-state index in [1.807, 2.05) is 0 Å². The minimum atomic E-state index is -4.53. The predicted octanol–water partition coefficient (Wildman–Crippen LogP) is 1.71. The van der Waals surface area contributed by atoms with Gasteiger partial charge in [-0.1, -0.05) is 0 Å². The molecule has 120 valence electrons. The molecular formula is C14H16F3N3O2. The number of alkyl halides is 3. The second-order valence-electron chi connectivity index (χ2n) is 5.13. The zero-order valence-electron chi connectivity index (χ0n) is 12.3. The molecule has 1 aromatic rings. The van der Waals surface area contributed by atoms with Gasteiger partial charge in [0.15, 0.2) is 0 Å². The molecule has 2 amide bonds. The summed E-state index contributed by atoms with van der Waals surface area (Å²) in [6.45, 7) is 4.41. The number of hydrogen-bond acceptors (Lipinski definition) is 3. The van der Waals surface area contributed by atoms with Gasteiger partial charge in [-0.15, -0.1) is 0 Å². The molecule has 2 heterocycles. The van der Waals surface area contributed by atoms with E-state index in [-0.39, 0.29) is 23.1 Å². The number of piperazine rings is 1. The summed E-state index contributed by atoms with van der Waals surface area (Å²) < 4.78 is 37.7. The molecule has 1 aliphatic heterocycles. The summed E-state index contributed by atoms with van der Waals surface area (Å²) in [7, 11) is 0. The van der Waals surface area contributed by atoms with Gasteiger partial charge >= 0.3 is 6.18 Å². The van der Waals surface area contributed by atoms with Crippen LogP contribution in [0.3, 0.4) is 0 Å². The van der Waals surface area contributed by atoms with Crippen LogP contribution in [0.5, 0.6) is 0 Å². The van der Waals surface area contributed by atoms with E-state index in [2.05, 4.69) is 4.98 Å². The third-order valence-electron chi connectivity index (χ3n) is 3.62. The van der Waals surface area contributed by atoms with Crippen LogP contribution in [0.15, 0.2) is 12.1 Å². The lowest BCUT2D eigenvalue weighted by Crippen LogP contribution is -2.50. The molecule has 1 aromatic heterocycles. The number of rotatable bonds is 1. The van der Waals surface area contributed by atoms with Gasteiger partial charge in [0.2, 0.25) is 5.91 Å². The zero-order valence-corrected chi connectivity index (χ0v) is 12.3. The van der Waals surface area contributed by atoms with E-state index in [1.165, 1.54) is 18.7 Å². The lowest BCUT2D eigenvalue weighted by Gasteiger charge is -2.34. The Balaban J connectivity index is 2.12. The molecule has 0 aliphatic carbocycles. The molecule has 0 N–H and O–H groups in total.